The van der Waals surface area contributed by atoms with Gasteiger partial charge in [0.1, 0.15) is 5.82 Å². The van der Waals surface area contributed by atoms with E-state index in [0.717, 1.165) is 27.4 Å². The summed E-state index contributed by atoms with van der Waals surface area (Å²) in [5, 5.41) is 3.09. The molecule has 2 rings (SSSR count). The van der Waals surface area contributed by atoms with Crippen LogP contribution in [0.3, 0.4) is 0 Å². The molecular formula is C15H18BrN3. The fraction of sp³-hybridized carbons (Fsp3) is 0.333. The second-order valence-electron chi connectivity index (χ2n) is 4.80. The number of rotatable bonds is 2. The molecule has 2 aromatic rings. The van der Waals surface area contributed by atoms with Crippen LogP contribution < -0.4 is 5.32 Å². The van der Waals surface area contributed by atoms with Gasteiger partial charge in [0.15, 0.2) is 5.82 Å². The first-order valence-electron chi connectivity index (χ1n) is 6.24. The third-order valence-corrected chi connectivity index (χ3v) is 4.28. The molecule has 100 valence electrons. The van der Waals surface area contributed by atoms with Gasteiger partial charge in [-0.1, -0.05) is 6.07 Å². The zero-order valence-corrected chi connectivity index (χ0v) is 13.5. The molecule has 0 bridgehead atoms. The Morgan fingerprint density at radius 3 is 2.21 bits per heavy atom. The first-order valence-corrected chi connectivity index (χ1v) is 7.03. The molecule has 0 fully saturated rings. The minimum atomic E-state index is 0.769. The molecule has 0 amide bonds. The van der Waals surface area contributed by atoms with Gasteiger partial charge in [0.25, 0.3) is 0 Å². The number of aryl methyl sites for hydroxylation is 4. The molecule has 0 spiro atoms. The van der Waals surface area contributed by atoms with Crippen LogP contribution in [-0.2, 0) is 0 Å². The predicted octanol–water partition coefficient (Wildman–Crippen LogP) is 4.18. The Hall–Kier alpha value is -1.42. The van der Waals surface area contributed by atoms with Gasteiger partial charge in [0.2, 0.25) is 0 Å². The van der Waals surface area contributed by atoms with E-state index in [-0.39, 0.29) is 0 Å². The summed E-state index contributed by atoms with van der Waals surface area (Å²) < 4.78 is 0.917. The number of nitrogens with zero attached hydrogens (tertiary/aromatic N) is 2. The summed E-state index contributed by atoms with van der Waals surface area (Å²) in [5.74, 6) is 1.59. The van der Waals surface area contributed by atoms with Crippen molar-refractivity contribution in [1.82, 2.24) is 9.97 Å². The van der Waals surface area contributed by atoms with Gasteiger partial charge in [-0.2, -0.15) is 0 Å². The molecule has 0 atom stereocenters. The van der Waals surface area contributed by atoms with E-state index < -0.39 is 0 Å². The Balaban J connectivity index is 2.65. The lowest BCUT2D eigenvalue weighted by Gasteiger charge is -2.12. The summed E-state index contributed by atoms with van der Waals surface area (Å²) in [6, 6.07) is 4.34. The molecule has 1 N–H and O–H groups in total. The molecule has 1 heterocycles. The summed E-state index contributed by atoms with van der Waals surface area (Å²) in [5.41, 5.74) is 5.79. The quantitative estimate of drug-likeness (QED) is 0.902. The first-order chi connectivity index (χ1) is 8.93. The third-order valence-electron chi connectivity index (χ3n) is 3.34. The van der Waals surface area contributed by atoms with E-state index in [0.29, 0.717) is 0 Å². The zero-order valence-electron chi connectivity index (χ0n) is 11.9. The monoisotopic (exact) mass is 319 g/mol. The van der Waals surface area contributed by atoms with Crippen LogP contribution in [0.4, 0.5) is 5.82 Å². The summed E-state index contributed by atoms with van der Waals surface area (Å²) in [4.78, 5) is 9.17. The molecule has 0 aliphatic rings. The molecule has 0 radical (unpaired) electrons. The van der Waals surface area contributed by atoms with Crippen molar-refractivity contribution < 1.29 is 0 Å². The largest absolute Gasteiger partial charge is 0.372 e. The molecule has 3 nitrogen and oxygen atoms in total. The number of aromatic nitrogens is 2. The van der Waals surface area contributed by atoms with E-state index in [9.17, 15) is 0 Å². The number of hydrogen-bond acceptors (Lipinski definition) is 3. The lowest BCUT2D eigenvalue weighted by atomic mass is 10.0. The van der Waals surface area contributed by atoms with Crippen LogP contribution in [0, 0.1) is 27.7 Å². The van der Waals surface area contributed by atoms with Gasteiger partial charge in [-0.15, -0.1) is 0 Å². The van der Waals surface area contributed by atoms with Crippen LogP contribution in [-0.4, -0.2) is 17.0 Å². The Bertz CT molecular complexity index is 636. The summed E-state index contributed by atoms with van der Waals surface area (Å²) in [6.45, 7) is 8.32. The zero-order chi connectivity index (χ0) is 14.2. The molecule has 1 aromatic heterocycles. The molecule has 1 aromatic carbocycles. The molecule has 19 heavy (non-hydrogen) atoms. The highest BCUT2D eigenvalue weighted by atomic mass is 79.9. The highest BCUT2D eigenvalue weighted by molar-refractivity contribution is 9.10. The lowest BCUT2D eigenvalue weighted by Crippen LogP contribution is -2.02. The molecular weight excluding hydrogens is 302 g/mol. The van der Waals surface area contributed by atoms with Gasteiger partial charge in [-0.05, 0) is 66.4 Å². The van der Waals surface area contributed by atoms with Crippen molar-refractivity contribution in [3.8, 4) is 11.4 Å². The fourth-order valence-corrected chi connectivity index (χ4v) is 2.42. The maximum Gasteiger partial charge on any atom is 0.162 e. The van der Waals surface area contributed by atoms with Gasteiger partial charge in [0, 0.05) is 12.6 Å². The maximum atomic E-state index is 4.59. The van der Waals surface area contributed by atoms with Crippen LogP contribution >= 0.6 is 15.9 Å². The normalized spacial score (nSPS) is 10.6. The Morgan fingerprint density at radius 1 is 0.947 bits per heavy atom. The molecule has 0 aliphatic heterocycles. The van der Waals surface area contributed by atoms with Crippen LogP contribution in [0.1, 0.15) is 22.4 Å². The van der Waals surface area contributed by atoms with Crippen molar-refractivity contribution in [2.24, 2.45) is 0 Å². The van der Waals surface area contributed by atoms with Crippen LogP contribution in [0.5, 0.6) is 0 Å². The van der Waals surface area contributed by atoms with Crippen molar-refractivity contribution >= 4 is 21.7 Å². The van der Waals surface area contributed by atoms with E-state index in [4.69, 9.17) is 0 Å². The fourth-order valence-electron chi connectivity index (χ4n) is 2.05. The van der Waals surface area contributed by atoms with Gasteiger partial charge in [0.05, 0.1) is 10.2 Å². The molecule has 0 saturated carbocycles. The van der Waals surface area contributed by atoms with Gasteiger partial charge in [-0.25, -0.2) is 9.97 Å². The first kappa shape index (κ1) is 14.0. The van der Waals surface area contributed by atoms with Crippen molar-refractivity contribution in [3.05, 3.63) is 39.0 Å². The standard InChI is InChI=1S/C15H18BrN3/c1-8-6-10(3)12(7-9(8)2)14-18-11(4)13(16)15(17-5)19-14/h6-7H,1-5H3,(H,17,18,19). The highest BCUT2D eigenvalue weighted by Gasteiger charge is 2.12. The topological polar surface area (TPSA) is 37.8 Å². The second-order valence-corrected chi connectivity index (χ2v) is 5.59. The summed E-state index contributed by atoms with van der Waals surface area (Å²) in [7, 11) is 1.86. The maximum absolute atomic E-state index is 4.59. The summed E-state index contributed by atoms with van der Waals surface area (Å²) in [6.07, 6.45) is 0. The smallest absolute Gasteiger partial charge is 0.162 e. The SMILES string of the molecule is CNc1nc(-c2cc(C)c(C)cc2C)nc(C)c1Br. The van der Waals surface area contributed by atoms with E-state index in [1.165, 1.54) is 16.7 Å². The molecule has 0 aliphatic carbocycles. The van der Waals surface area contributed by atoms with Gasteiger partial charge < -0.3 is 5.32 Å². The van der Waals surface area contributed by atoms with E-state index in [2.05, 4.69) is 64.1 Å². The lowest BCUT2D eigenvalue weighted by molar-refractivity contribution is 1.08. The molecule has 0 saturated heterocycles. The third kappa shape index (κ3) is 2.63. The Labute approximate surface area is 122 Å². The minimum Gasteiger partial charge on any atom is -0.372 e. The van der Waals surface area contributed by atoms with Crippen molar-refractivity contribution in [1.29, 1.82) is 0 Å². The van der Waals surface area contributed by atoms with Crippen molar-refractivity contribution in [2.75, 3.05) is 12.4 Å². The number of benzene rings is 1. The molecule has 0 unspecified atom stereocenters. The van der Waals surface area contributed by atoms with Gasteiger partial charge >= 0.3 is 0 Å². The average Bonchev–Trinajstić information content (AvgIpc) is 2.37. The Kier molecular flexibility index (Phi) is 3.90. The van der Waals surface area contributed by atoms with Gasteiger partial charge in [-0.3, -0.25) is 0 Å². The number of halogens is 1. The number of hydrogen-bond donors (Lipinski definition) is 1. The van der Waals surface area contributed by atoms with Crippen molar-refractivity contribution in [3.63, 3.8) is 0 Å². The average molecular weight is 320 g/mol. The van der Waals surface area contributed by atoms with Crippen LogP contribution in [0.25, 0.3) is 11.4 Å². The second kappa shape index (κ2) is 5.29. The number of anilines is 1. The summed E-state index contributed by atoms with van der Waals surface area (Å²) >= 11 is 3.50. The van der Waals surface area contributed by atoms with E-state index in [1.807, 2.05) is 14.0 Å². The molecule has 4 heteroatoms. The Morgan fingerprint density at radius 2 is 1.58 bits per heavy atom. The van der Waals surface area contributed by atoms with E-state index in [1.54, 1.807) is 0 Å². The minimum absolute atomic E-state index is 0.769. The van der Waals surface area contributed by atoms with Crippen LogP contribution in [0.2, 0.25) is 0 Å². The van der Waals surface area contributed by atoms with E-state index >= 15 is 0 Å². The van der Waals surface area contributed by atoms with Crippen LogP contribution in [0.15, 0.2) is 16.6 Å². The predicted molar refractivity (Wildman–Crippen MR) is 83.7 cm³/mol. The van der Waals surface area contributed by atoms with Crippen molar-refractivity contribution in [2.45, 2.75) is 27.7 Å². The number of nitrogens with one attached hydrogen (secondary N) is 1. The highest BCUT2D eigenvalue weighted by Crippen LogP contribution is 2.29.